The van der Waals surface area contributed by atoms with Crippen LogP contribution in [-0.2, 0) is 0 Å². The molecule has 5 heteroatoms. The van der Waals surface area contributed by atoms with E-state index < -0.39 is 28.6 Å². The standard InChI is InChI=1S/C8H2F3NO/c9-6-1-4(3-13)7(10)8(11)5(6)2-12/h1,3H. The Kier molecular flexibility index (Phi) is 2.33. The topological polar surface area (TPSA) is 40.9 Å². The van der Waals surface area contributed by atoms with Gasteiger partial charge < -0.3 is 0 Å². The van der Waals surface area contributed by atoms with Gasteiger partial charge >= 0.3 is 0 Å². The molecule has 0 radical (unpaired) electrons. The Morgan fingerprint density at radius 3 is 2.38 bits per heavy atom. The van der Waals surface area contributed by atoms with Gasteiger partial charge in [0.1, 0.15) is 17.4 Å². The first kappa shape index (κ1) is 9.26. The molecule has 0 spiro atoms. The van der Waals surface area contributed by atoms with Crippen LogP contribution >= 0.6 is 0 Å². The van der Waals surface area contributed by atoms with E-state index in [4.69, 9.17) is 5.26 Å². The van der Waals surface area contributed by atoms with Crippen LogP contribution in [0.4, 0.5) is 13.2 Å². The van der Waals surface area contributed by atoms with Crippen molar-refractivity contribution in [2.24, 2.45) is 0 Å². The molecule has 0 unspecified atom stereocenters. The molecule has 1 aromatic rings. The number of aldehydes is 1. The van der Waals surface area contributed by atoms with Crippen molar-refractivity contribution in [1.82, 2.24) is 0 Å². The molecule has 0 aliphatic carbocycles. The second-order valence-corrected chi connectivity index (χ2v) is 2.18. The van der Waals surface area contributed by atoms with Gasteiger partial charge in [-0.05, 0) is 6.07 Å². The molecule has 0 fully saturated rings. The summed E-state index contributed by atoms with van der Waals surface area (Å²) in [5, 5.41) is 8.20. The molecule has 0 aromatic heterocycles. The molecule has 0 aliphatic heterocycles. The smallest absolute Gasteiger partial charge is 0.180 e. The van der Waals surface area contributed by atoms with Crippen LogP contribution in [-0.4, -0.2) is 6.29 Å². The summed E-state index contributed by atoms with van der Waals surface area (Å²) in [4.78, 5) is 10.1. The minimum Gasteiger partial charge on any atom is -0.298 e. The maximum atomic E-state index is 12.7. The van der Waals surface area contributed by atoms with E-state index in [1.54, 1.807) is 0 Å². The zero-order valence-corrected chi connectivity index (χ0v) is 6.14. The number of benzene rings is 1. The summed E-state index contributed by atoms with van der Waals surface area (Å²) in [6, 6.07) is 1.63. The highest BCUT2D eigenvalue weighted by atomic mass is 19.2. The van der Waals surface area contributed by atoms with E-state index in [-0.39, 0.29) is 6.29 Å². The van der Waals surface area contributed by atoms with Crippen molar-refractivity contribution in [3.8, 4) is 6.07 Å². The first-order chi connectivity index (χ1) is 6.11. The van der Waals surface area contributed by atoms with Crippen molar-refractivity contribution in [2.75, 3.05) is 0 Å². The molecule has 1 rings (SSSR count). The van der Waals surface area contributed by atoms with Gasteiger partial charge in [0.2, 0.25) is 0 Å². The number of rotatable bonds is 1. The van der Waals surface area contributed by atoms with Crippen LogP contribution in [0.3, 0.4) is 0 Å². The normalized spacial score (nSPS) is 9.38. The Hall–Kier alpha value is -1.83. The van der Waals surface area contributed by atoms with Gasteiger partial charge in [0.05, 0.1) is 5.56 Å². The predicted octanol–water partition coefficient (Wildman–Crippen LogP) is 1.79. The quantitative estimate of drug-likeness (QED) is 0.494. The van der Waals surface area contributed by atoms with Crippen molar-refractivity contribution < 1.29 is 18.0 Å². The zero-order valence-electron chi connectivity index (χ0n) is 6.14. The molecule has 66 valence electrons. The fraction of sp³-hybridized carbons (Fsp3) is 0. The van der Waals surface area contributed by atoms with Crippen LogP contribution in [0.5, 0.6) is 0 Å². The molecule has 0 aliphatic rings. The summed E-state index contributed by atoms with van der Waals surface area (Å²) in [7, 11) is 0. The summed E-state index contributed by atoms with van der Waals surface area (Å²) < 4.78 is 38.1. The third-order valence-corrected chi connectivity index (χ3v) is 1.43. The van der Waals surface area contributed by atoms with Crippen LogP contribution < -0.4 is 0 Å². The Balaban J connectivity index is 3.57. The number of hydrogen-bond acceptors (Lipinski definition) is 2. The molecule has 0 atom stereocenters. The number of nitrogens with zero attached hydrogens (tertiary/aromatic N) is 1. The summed E-state index contributed by atoms with van der Waals surface area (Å²) >= 11 is 0. The SMILES string of the molecule is N#Cc1c(F)cc(C=O)c(F)c1F. The molecule has 0 N–H and O–H groups in total. The fourth-order valence-corrected chi connectivity index (χ4v) is 0.802. The van der Waals surface area contributed by atoms with Gasteiger partial charge in [-0.3, -0.25) is 4.79 Å². The van der Waals surface area contributed by atoms with Crippen molar-refractivity contribution in [2.45, 2.75) is 0 Å². The van der Waals surface area contributed by atoms with Crippen LogP contribution in [0, 0.1) is 28.8 Å². The Morgan fingerprint density at radius 2 is 1.92 bits per heavy atom. The van der Waals surface area contributed by atoms with Crippen LogP contribution in [0.25, 0.3) is 0 Å². The van der Waals surface area contributed by atoms with E-state index in [9.17, 15) is 18.0 Å². The largest absolute Gasteiger partial charge is 0.298 e. The molecule has 0 heterocycles. The maximum Gasteiger partial charge on any atom is 0.180 e. The van der Waals surface area contributed by atoms with Gasteiger partial charge in [-0.1, -0.05) is 0 Å². The average molecular weight is 185 g/mol. The lowest BCUT2D eigenvalue weighted by atomic mass is 10.1. The number of carbonyl (C=O) groups excluding carboxylic acids is 1. The Morgan fingerprint density at radius 1 is 1.31 bits per heavy atom. The summed E-state index contributed by atoms with van der Waals surface area (Å²) in [5.41, 5.74) is -1.77. The van der Waals surface area contributed by atoms with E-state index >= 15 is 0 Å². The fourth-order valence-electron chi connectivity index (χ4n) is 0.802. The predicted molar refractivity (Wildman–Crippen MR) is 36.4 cm³/mol. The van der Waals surface area contributed by atoms with E-state index in [1.807, 2.05) is 0 Å². The van der Waals surface area contributed by atoms with Gasteiger partial charge in [0.15, 0.2) is 17.9 Å². The number of halogens is 3. The van der Waals surface area contributed by atoms with E-state index in [1.165, 1.54) is 0 Å². The molecule has 0 bridgehead atoms. The summed E-state index contributed by atoms with van der Waals surface area (Å²) in [6.07, 6.45) is -0.0252. The highest BCUT2D eigenvalue weighted by Gasteiger charge is 2.17. The molecule has 1 aromatic carbocycles. The highest BCUT2D eigenvalue weighted by molar-refractivity contribution is 5.75. The number of carbonyl (C=O) groups is 1. The third-order valence-electron chi connectivity index (χ3n) is 1.43. The van der Waals surface area contributed by atoms with Crippen molar-refractivity contribution in [3.63, 3.8) is 0 Å². The third kappa shape index (κ3) is 1.38. The number of nitriles is 1. The molecule has 0 saturated heterocycles. The second kappa shape index (κ2) is 3.27. The van der Waals surface area contributed by atoms with Crippen LogP contribution in [0.1, 0.15) is 15.9 Å². The van der Waals surface area contributed by atoms with E-state index in [0.29, 0.717) is 6.07 Å². The molecule has 0 saturated carbocycles. The lowest BCUT2D eigenvalue weighted by Gasteiger charge is -1.99. The average Bonchev–Trinajstić information content (AvgIpc) is 2.12. The van der Waals surface area contributed by atoms with Gasteiger partial charge in [0, 0.05) is 0 Å². The van der Waals surface area contributed by atoms with Gasteiger partial charge in [-0.15, -0.1) is 0 Å². The van der Waals surface area contributed by atoms with Gasteiger partial charge in [0.25, 0.3) is 0 Å². The second-order valence-electron chi connectivity index (χ2n) is 2.18. The number of hydrogen-bond donors (Lipinski definition) is 0. The zero-order chi connectivity index (χ0) is 10.0. The lowest BCUT2D eigenvalue weighted by molar-refractivity contribution is 0.111. The van der Waals surface area contributed by atoms with Crippen molar-refractivity contribution in [3.05, 3.63) is 34.6 Å². The summed E-state index contributed by atoms with van der Waals surface area (Å²) in [6.45, 7) is 0. The highest BCUT2D eigenvalue weighted by Crippen LogP contribution is 2.17. The molecular weight excluding hydrogens is 183 g/mol. The van der Waals surface area contributed by atoms with Crippen molar-refractivity contribution in [1.29, 1.82) is 5.26 Å². The monoisotopic (exact) mass is 185 g/mol. The molecule has 2 nitrogen and oxygen atoms in total. The van der Waals surface area contributed by atoms with E-state index in [0.717, 1.165) is 6.07 Å². The first-order valence-corrected chi connectivity index (χ1v) is 3.14. The first-order valence-electron chi connectivity index (χ1n) is 3.14. The van der Waals surface area contributed by atoms with Crippen LogP contribution in [0.15, 0.2) is 6.07 Å². The van der Waals surface area contributed by atoms with Gasteiger partial charge in [-0.25, -0.2) is 13.2 Å². The molecule has 13 heavy (non-hydrogen) atoms. The van der Waals surface area contributed by atoms with Crippen LogP contribution in [0.2, 0.25) is 0 Å². The molecule has 0 amide bonds. The maximum absolute atomic E-state index is 12.7. The summed E-state index contributed by atoms with van der Waals surface area (Å²) in [5.74, 6) is -4.39. The molecular formula is C8H2F3NO. The van der Waals surface area contributed by atoms with Gasteiger partial charge in [-0.2, -0.15) is 5.26 Å². The van der Waals surface area contributed by atoms with E-state index in [2.05, 4.69) is 0 Å². The van der Waals surface area contributed by atoms with Crippen molar-refractivity contribution >= 4 is 6.29 Å². The minimum absolute atomic E-state index is 0.0252. The Labute approximate surface area is 71.2 Å². The minimum atomic E-state index is -1.63. The lowest BCUT2D eigenvalue weighted by Crippen LogP contribution is -2.00. The Bertz CT molecular complexity index is 409.